The van der Waals surface area contributed by atoms with E-state index in [4.69, 9.17) is 0 Å². The van der Waals surface area contributed by atoms with E-state index in [1.165, 1.54) is 32.1 Å². The van der Waals surface area contributed by atoms with Gasteiger partial charge in [-0.05, 0) is 85.9 Å². The lowest BCUT2D eigenvalue weighted by molar-refractivity contribution is -0.204. The SMILES string of the molecule is CC(C)C1(C23C=CC(CC2C(=O)O)C3)C2CC3CC(C2)CC1C3. The third kappa shape index (κ3) is 1.54. The first-order valence-corrected chi connectivity index (χ1v) is 9.89. The Hall–Kier alpha value is -0.790. The van der Waals surface area contributed by atoms with Crippen LogP contribution >= 0.6 is 0 Å². The summed E-state index contributed by atoms with van der Waals surface area (Å²) in [5.41, 5.74) is 0.214. The van der Waals surface area contributed by atoms with Crippen molar-refractivity contribution in [3.05, 3.63) is 12.2 Å². The Labute approximate surface area is 139 Å². The van der Waals surface area contributed by atoms with Crippen LogP contribution < -0.4 is 0 Å². The Bertz CT molecular complexity index is 546. The number of hydrogen-bond acceptors (Lipinski definition) is 1. The van der Waals surface area contributed by atoms with Crippen molar-refractivity contribution < 1.29 is 9.90 Å². The van der Waals surface area contributed by atoms with Crippen molar-refractivity contribution in [2.75, 3.05) is 0 Å². The summed E-state index contributed by atoms with van der Waals surface area (Å²) in [6, 6.07) is 0. The van der Waals surface area contributed by atoms with Crippen LogP contribution in [-0.4, -0.2) is 11.1 Å². The maximum atomic E-state index is 12.2. The van der Waals surface area contributed by atoms with Crippen LogP contribution in [0.4, 0.5) is 0 Å². The number of rotatable bonds is 3. The number of carboxylic acid groups (broad SMARTS) is 1. The van der Waals surface area contributed by atoms with Crippen LogP contribution in [0.1, 0.15) is 58.8 Å². The second-order valence-electron chi connectivity index (χ2n) is 9.88. The fourth-order valence-corrected chi connectivity index (χ4v) is 8.96. The molecule has 2 nitrogen and oxygen atoms in total. The molecule has 0 aliphatic heterocycles. The Morgan fingerprint density at radius 2 is 1.65 bits per heavy atom. The van der Waals surface area contributed by atoms with E-state index < -0.39 is 5.97 Å². The van der Waals surface area contributed by atoms with E-state index in [-0.39, 0.29) is 16.7 Å². The zero-order valence-corrected chi connectivity index (χ0v) is 14.5. The molecule has 6 rings (SSSR count). The molecule has 0 aromatic heterocycles. The first-order chi connectivity index (χ1) is 11.0. The van der Waals surface area contributed by atoms with Crippen LogP contribution in [0, 0.1) is 52.3 Å². The lowest BCUT2D eigenvalue weighted by Gasteiger charge is -2.69. The van der Waals surface area contributed by atoms with Gasteiger partial charge in [-0.3, -0.25) is 4.79 Å². The van der Waals surface area contributed by atoms with Crippen molar-refractivity contribution in [1.29, 1.82) is 0 Å². The fourth-order valence-electron chi connectivity index (χ4n) is 8.96. The highest BCUT2D eigenvalue weighted by Gasteiger charge is 2.71. The highest BCUT2D eigenvalue weighted by molar-refractivity contribution is 5.73. The molecule has 2 heteroatoms. The van der Waals surface area contributed by atoms with Crippen molar-refractivity contribution >= 4 is 5.97 Å². The molecule has 126 valence electrons. The molecule has 0 radical (unpaired) electrons. The summed E-state index contributed by atoms with van der Waals surface area (Å²) in [5.74, 6) is 3.94. The second-order valence-corrected chi connectivity index (χ2v) is 9.88. The summed E-state index contributed by atoms with van der Waals surface area (Å²) in [6.45, 7) is 4.82. The molecule has 0 aromatic rings. The quantitative estimate of drug-likeness (QED) is 0.763. The summed E-state index contributed by atoms with van der Waals surface area (Å²) < 4.78 is 0. The van der Waals surface area contributed by atoms with E-state index in [9.17, 15) is 9.90 Å². The molecular formula is C21H30O2. The van der Waals surface area contributed by atoms with Crippen LogP contribution in [-0.2, 0) is 4.79 Å². The van der Waals surface area contributed by atoms with Gasteiger partial charge in [-0.25, -0.2) is 0 Å². The Balaban J connectivity index is 1.68. The predicted octanol–water partition coefficient (Wildman–Crippen LogP) is 4.75. The molecule has 5 fully saturated rings. The molecule has 0 aromatic carbocycles. The average Bonchev–Trinajstić information content (AvgIpc) is 3.05. The molecule has 0 spiro atoms. The van der Waals surface area contributed by atoms with E-state index in [1.54, 1.807) is 0 Å². The van der Waals surface area contributed by atoms with Gasteiger partial charge in [0.05, 0.1) is 5.92 Å². The molecule has 0 amide bonds. The predicted molar refractivity (Wildman–Crippen MR) is 89.7 cm³/mol. The molecule has 0 saturated heterocycles. The lowest BCUT2D eigenvalue weighted by Crippen LogP contribution is -2.63. The van der Waals surface area contributed by atoms with E-state index in [2.05, 4.69) is 26.0 Å². The first-order valence-electron chi connectivity index (χ1n) is 9.89. The summed E-state index contributed by atoms with van der Waals surface area (Å²) in [7, 11) is 0. The molecule has 3 unspecified atom stereocenters. The number of carboxylic acids is 1. The highest BCUT2D eigenvalue weighted by atomic mass is 16.4. The largest absolute Gasteiger partial charge is 0.481 e. The van der Waals surface area contributed by atoms with Crippen LogP contribution in [0.5, 0.6) is 0 Å². The molecule has 0 heterocycles. The van der Waals surface area contributed by atoms with Gasteiger partial charge in [0.25, 0.3) is 0 Å². The summed E-state index contributed by atoms with van der Waals surface area (Å²) in [5, 5.41) is 10.0. The van der Waals surface area contributed by atoms with Crippen LogP contribution in [0.15, 0.2) is 12.2 Å². The van der Waals surface area contributed by atoms with Crippen LogP contribution in [0.25, 0.3) is 0 Å². The first kappa shape index (κ1) is 14.5. The van der Waals surface area contributed by atoms with Crippen LogP contribution in [0.2, 0.25) is 0 Å². The van der Waals surface area contributed by atoms with Gasteiger partial charge in [0.15, 0.2) is 0 Å². The minimum absolute atomic E-state index is 0.0414. The topological polar surface area (TPSA) is 37.3 Å². The number of carbonyl (C=O) groups is 1. The molecule has 6 bridgehead atoms. The van der Waals surface area contributed by atoms with E-state index in [1.807, 2.05) is 0 Å². The molecule has 6 aliphatic carbocycles. The van der Waals surface area contributed by atoms with Crippen molar-refractivity contribution in [2.24, 2.45) is 52.3 Å². The standard InChI is InChI=1S/C21H30O2/c1-12(2)21(16-6-14-5-15(8-16)9-17(21)7-14)20-4-3-13(11-20)10-18(20)19(22)23/h3-4,12-18H,5-11H2,1-2H3,(H,22,23). The van der Waals surface area contributed by atoms with E-state index in [0.717, 1.165) is 36.5 Å². The van der Waals surface area contributed by atoms with Gasteiger partial charge >= 0.3 is 5.97 Å². The molecule has 6 aliphatic rings. The number of fused-ring (bicyclic) bond motifs is 3. The summed E-state index contributed by atoms with van der Waals surface area (Å²) >= 11 is 0. The average molecular weight is 314 g/mol. The van der Waals surface area contributed by atoms with Gasteiger partial charge < -0.3 is 5.11 Å². The van der Waals surface area contributed by atoms with Crippen molar-refractivity contribution in [2.45, 2.75) is 58.8 Å². The van der Waals surface area contributed by atoms with Crippen LogP contribution in [0.3, 0.4) is 0 Å². The van der Waals surface area contributed by atoms with Gasteiger partial charge in [-0.1, -0.05) is 26.0 Å². The maximum Gasteiger partial charge on any atom is 0.307 e. The summed E-state index contributed by atoms with van der Waals surface area (Å²) in [4.78, 5) is 12.2. The maximum absolute atomic E-state index is 12.2. The minimum atomic E-state index is -0.523. The highest BCUT2D eigenvalue weighted by Crippen LogP contribution is 2.76. The molecule has 1 N–H and O–H groups in total. The zero-order valence-electron chi connectivity index (χ0n) is 14.5. The Kier molecular flexibility index (Phi) is 2.80. The van der Waals surface area contributed by atoms with Crippen molar-refractivity contribution in [1.82, 2.24) is 0 Å². The van der Waals surface area contributed by atoms with Crippen molar-refractivity contribution in [3.8, 4) is 0 Å². The minimum Gasteiger partial charge on any atom is -0.481 e. The van der Waals surface area contributed by atoms with Gasteiger partial charge in [0.2, 0.25) is 0 Å². The monoisotopic (exact) mass is 314 g/mol. The summed E-state index contributed by atoms with van der Waals surface area (Å²) in [6.07, 6.45) is 13.8. The fraction of sp³-hybridized carbons (Fsp3) is 0.857. The van der Waals surface area contributed by atoms with Gasteiger partial charge in [-0.15, -0.1) is 0 Å². The van der Waals surface area contributed by atoms with Gasteiger partial charge in [-0.2, -0.15) is 0 Å². The molecular weight excluding hydrogens is 284 g/mol. The van der Waals surface area contributed by atoms with Gasteiger partial charge in [0, 0.05) is 5.41 Å². The van der Waals surface area contributed by atoms with Gasteiger partial charge in [0.1, 0.15) is 0 Å². The number of allylic oxidation sites excluding steroid dienone is 2. The zero-order chi connectivity index (χ0) is 16.0. The van der Waals surface area contributed by atoms with E-state index in [0.29, 0.717) is 11.8 Å². The van der Waals surface area contributed by atoms with Crippen molar-refractivity contribution in [3.63, 3.8) is 0 Å². The van der Waals surface area contributed by atoms with E-state index >= 15 is 0 Å². The molecule has 5 saturated carbocycles. The second kappa shape index (κ2) is 4.43. The Morgan fingerprint density at radius 1 is 1.04 bits per heavy atom. The normalized spacial score (nSPS) is 56.0. The Morgan fingerprint density at radius 3 is 2.13 bits per heavy atom. The molecule has 3 atom stereocenters. The molecule has 23 heavy (non-hydrogen) atoms. The number of aliphatic carboxylic acids is 1. The lowest BCUT2D eigenvalue weighted by atomic mass is 9.35. The smallest absolute Gasteiger partial charge is 0.307 e. The third-order valence-electron chi connectivity index (χ3n) is 8.97. The third-order valence-corrected chi connectivity index (χ3v) is 8.97. The number of hydrogen-bond donors (Lipinski definition) is 1.